The molecule has 1 aromatic heterocycles. The average molecular weight is 328 g/mol. The number of aromatic nitrogens is 3. The molecule has 8 heteroatoms. The van der Waals surface area contributed by atoms with Gasteiger partial charge in [0.15, 0.2) is 0 Å². The molecule has 0 saturated heterocycles. The molecule has 0 saturated carbocycles. The van der Waals surface area contributed by atoms with E-state index in [0.29, 0.717) is 19.0 Å². The van der Waals surface area contributed by atoms with Crippen LogP contribution < -0.4 is 4.74 Å². The number of hydrogen-bond acceptors (Lipinski definition) is 5. The number of para-hydroxylation sites is 1. The quantitative estimate of drug-likeness (QED) is 0.805. The molecule has 1 aromatic carbocycles. The molecule has 21 heavy (non-hydrogen) atoms. The van der Waals surface area contributed by atoms with Crippen LogP contribution >= 0.6 is 10.7 Å². The van der Waals surface area contributed by atoms with Crippen molar-refractivity contribution in [1.29, 1.82) is 0 Å². The summed E-state index contributed by atoms with van der Waals surface area (Å²) in [6.07, 6.45) is 0.733. The number of hydrogen-bond donors (Lipinski definition) is 0. The van der Waals surface area contributed by atoms with Crippen LogP contribution in [0.5, 0.6) is 5.75 Å². The van der Waals surface area contributed by atoms with E-state index < -0.39 is 9.05 Å². The van der Waals surface area contributed by atoms with Crippen LogP contribution in [0, 0.1) is 0 Å². The van der Waals surface area contributed by atoms with E-state index in [1.807, 2.05) is 31.2 Å². The lowest BCUT2D eigenvalue weighted by Gasteiger charge is -2.24. The summed E-state index contributed by atoms with van der Waals surface area (Å²) < 4.78 is 30.3. The van der Waals surface area contributed by atoms with E-state index in [1.54, 1.807) is 0 Å². The fourth-order valence-electron chi connectivity index (χ4n) is 2.57. The molecular weight excluding hydrogens is 314 g/mol. The van der Waals surface area contributed by atoms with Gasteiger partial charge in [-0.1, -0.05) is 18.2 Å². The van der Waals surface area contributed by atoms with Crippen LogP contribution in [0.25, 0.3) is 0 Å². The zero-order chi connectivity index (χ0) is 15.0. The third-order valence-electron chi connectivity index (χ3n) is 3.52. The molecule has 0 amide bonds. The summed E-state index contributed by atoms with van der Waals surface area (Å²) in [5.41, 5.74) is 1.08. The van der Waals surface area contributed by atoms with E-state index >= 15 is 0 Å². The number of ether oxygens (including phenoxy) is 1. The molecule has 0 N–H and O–H groups in total. The van der Waals surface area contributed by atoms with E-state index in [0.717, 1.165) is 17.7 Å². The monoisotopic (exact) mass is 327 g/mol. The van der Waals surface area contributed by atoms with Gasteiger partial charge in [0, 0.05) is 17.2 Å². The Hall–Kier alpha value is -1.60. The van der Waals surface area contributed by atoms with E-state index in [2.05, 4.69) is 10.2 Å². The Labute approximate surface area is 127 Å². The predicted molar refractivity (Wildman–Crippen MR) is 77.1 cm³/mol. The second kappa shape index (κ2) is 5.31. The van der Waals surface area contributed by atoms with Crippen LogP contribution in [0.1, 0.15) is 24.2 Å². The van der Waals surface area contributed by atoms with Crippen LogP contribution in [-0.2, 0) is 22.0 Å². The smallest absolute Gasteiger partial charge is 0.296 e. The lowest BCUT2D eigenvalue weighted by Crippen LogP contribution is -2.23. The van der Waals surface area contributed by atoms with Gasteiger partial charge in [-0.15, -0.1) is 10.2 Å². The van der Waals surface area contributed by atoms with Gasteiger partial charge in [0.05, 0.1) is 12.5 Å². The Kier molecular flexibility index (Phi) is 3.62. The summed E-state index contributed by atoms with van der Waals surface area (Å²) in [5.74, 6) is 1.41. The summed E-state index contributed by atoms with van der Waals surface area (Å²) >= 11 is 0. The molecular formula is C13H14ClN3O3S. The van der Waals surface area contributed by atoms with Crippen molar-refractivity contribution in [2.45, 2.75) is 31.0 Å². The summed E-state index contributed by atoms with van der Waals surface area (Å²) in [6.45, 7) is 2.70. The van der Waals surface area contributed by atoms with Crippen molar-refractivity contribution < 1.29 is 13.2 Å². The maximum Gasteiger partial charge on any atom is 0.296 e. The van der Waals surface area contributed by atoms with Gasteiger partial charge < -0.3 is 9.30 Å². The zero-order valence-electron chi connectivity index (χ0n) is 11.4. The van der Waals surface area contributed by atoms with Gasteiger partial charge in [-0.05, 0) is 25.0 Å². The third kappa shape index (κ3) is 2.63. The largest absolute Gasteiger partial charge is 0.493 e. The summed E-state index contributed by atoms with van der Waals surface area (Å²) in [6, 6.07) is 7.79. The molecule has 0 bridgehead atoms. The molecule has 1 atom stereocenters. The lowest BCUT2D eigenvalue weighted by molar-refractivity contribution is 0.254. The molecule has 0 fully saturated rings. The average Bonchev–Trinajstić information content (AvgIpc) is 2.90. The molecule has 3 rings (SSSR count). The zero-order valence-corrected chi connectivity index (χ0v) is 12.9. The highest BCUT2D eigenvalue weighted by Gasteiger charge is 2.29. The maximum atomic E-state index is 11.5. The topological polar surface area (TPSA) is 74.1 Å². The normalized spacial score (nSPS) is 18.1. The highest BCUT2D eigenvalue weighted by Crippen LogP contribution is 2.32. The number of benzene rings is 1. The van der Waals surface area contributed by atoms with Crippen molar-refractivity contribution in [1.82, 2.24) is 14.8 Å². The first-order valence-corrected chi connectivity index (χ1v) is 8.90. The van der Waals surface area contributed by atoms with Crippen LogP contribution in [0.2, 0.25) is 0 Å². The summed E-state index contributed by atoms with van der Waals surface area (Å²) in [5, 5.41) is 7.54. The van der Waals surface area contributed by atoms with Crippen LogP contribution in [0.3, 0.4) is 0 Å². The minimum Gasteiger partial charge on any atom is -0.493 e. The molecule has 1 aliphatic rings. The second-order valence-electron chi connectivity index (χ2n) is 4.84. The standard InChI is InChI=1S/C13H14ClN3O3S/c1-2-17-12(15-16-13(17)21(14,18)19)10-7-9-5-3-4-6-11(9)20-8-10/h3-6,10H,2,7-8H2,1H3. The second-order valence-corrected chi connectivity index (χ2v) is 7.30. The Morgan fingerprint density at radius 3 is 2.86 bits per heavy atom. The van der Waals surface area contributed by atoms with E-state index in [9.17, 15) is 8.42 Å². The molecule has 112 valence electrons. The predicted octanol–water partition coefficient (Wildman–Crippen LogP) is 1.94. The molecule has 6 nitrogen and oxygen atoms in total. The van der Waals surface area contributed by atoms with Crippen molar-refractivity contribution in [2.24, 2.45) is 0 Å². The van der Waals surface area contributed by atoms with Crippen molar-refractivity contribution in [3.8, 4) is 5.75 Å². The Morgan fingerprint density at radius 2 is 2.14 bits per heavy atom. The molecule has 0 aliphatic carbocycles. The van der Waals surface area contributed by atoms with Crippen molar-refractivity contribution in [2.75, 3.05) is 6.61 Å². The van der Waals surface area contributed by atoms with Gasteiger partial charge in [0.2, 0.25) is 0 Å². The third-order valence-corrected chi connectivity index (χ3v) is 4.68. The van der Waals surface area contributed by atoms with Crippen molar-refractivity contribution >= 4 is 19.7 Å². The van der Waals surface area contributed by atoms with Crippen molar-refractivity contribution in [3.63, 3.8) is 0 Å². The minimum atomic E-state index is -3.90. The number of nitrogens with zero attached hydrogens (tertiary/aromatic N) is 3. The molecule has 1 aliphatic heterocycles. The van der Waals surface area contributed by atoms with Gasteiger partial charge in [-0.25, -0.2) is 8.42 Å². The van der Waals surface area contributed by atoms with Gasteiger partial charge in [-0.2, -0.15) is 0 Å². The fourth-order valence-corrected chi connectivity index (χ4v) is 3.54. The first-order chi connectivity index (χ1) is 10.0. The Bertz CT molecular complexity index is 773. The number of halogens is 1. The summed E-state index contributed by atoms with van der Waals surface area (Å²) in [7, 11) is 1.49. The van der Waals surface area contributed by atoms with Crippen molar-refractivity contribution in [3.05, 3.63) is 35.7 Å². The Morgan fingerprint density at radius 1 is 1.38 bits per heavy atom. The molecule has 0 radical (unpaired) electrons. The molecule has 2 aromatic rings. The van der Waals surface area contributed by atoms with E-state index in [1.165, 1.54) is 4.57 Å². The Balaban J connectivity index is 1.98. The number of rotatable bonds is 3. The number of fused-ring (bicyclic) bond motifs is 1. The highest BCUT2D eigenvalue weighted by atomic mass is 35.7. The van der Waals surface area contributed by atoms with Gasteiger partial charge in [0.25, 0.3) is 14.2 Å². The van der Waals surface area contributed by atoms with Crippen LogP contribution in [-0.4, -0.2) is 29.8 Å². The first-order valence-electron chi connectivity index (χ1n) is 6.59. The molecule has 1 unspecified atom stereocenters. The van der Waals surface area contributed by atoms with Gasteiger partial charge in [0.1, 0.15) is 11.6 Å². The van der Waals surface area contributed by atoms with E-state index in [-0.39, 0.29) is 11.1 Å². The SMILES string of the molecule is CCn1c(C2COc3ccccc3C2)nnc1S(=O)(=O)Cl. The lowest BCUT2D eigenvalue weighted by atomic mass is 9.96. The maximum absolute atomic E-state index is 11.5. The highest BCUT2D eigenvalue weighted by molar-refractivity contribution is 8.13. The first kappa shape index (κ1) is 14.3. The van der Waals surface area contributed by atoms with Crippen LogP contribution in [0.4, 0.5) is 0 Å². The van der Waals surface area contributed by atoms with E-state index in [4.69, 9.17) is 15.4 Å². The fraction of sp³-hybridized carbons (Fsp3) is 0.385. The van der Waals surface area contributed by atoms with Gasteiger partial charge >= 0.3 is 0 Å². The van der Waals surface area contributed by atoms with Crippen LogP contribution in [0.15, 0.2) is 29.4 Å². The minimum absolute atomic E-state index is 0.0421. The summed E-state index contributed by atoms with van der Waals surface area (Å²) in [4.78, 5) is 0. The molecule has 0 spiro atoms. The molecule has 2 heterocycles. The van der Waals surface area contributed by atoms with Gasteiger partial charge in [-0.3, -0.25) is 0 Å².